The molecule has 1 aromatic rings. The lowest BCUT2D eigenvalue weighted by molar-refractivity contribution is 0.0112. The molecule has 1 N–H and O–H groups in total. The zero-order valence-electron chi connectivity index (χ0n) is 9.38. The SMILES string of the molecule is O=C(c1cc(F)ccc1F)C1(O)CCCCC1. The maximum atomic E-state index is 13.4. The van der Waals surface area contributed by atoms with Crippen LogP contribution in [0.3, 0.4) is 0 Å². The maximum Gasteiger partial charge on any atom is 0.197 e. The van der Waals surface area contributed by atoms with Gasteiger partial charge >= 0.3 is 0 Å². The van der Waals surface area contributed by atoms with Crippen LogP contribution in [-0.4, -0.2) is 16.5 Å². The number of halogens is 2. The van der Waals surface area contributed by atoms with E-state index in [0.717, 1.165) is 37.5 Å². The molecule has 0 aromatic heterocycles. The molecule has 4 heteroatoms. The third-order valence-corrected chi connectivity index (χ3v) is 3.28. The fraction of sp³-hybridized carbons (Fsp3) is 0.462. The number of carbonyl (C=O) groups excluding carboxylic acids is 1. The minimum absolute atomic E-state index is 0.321. The fourth-order valence-corrected chi connectivity index (χ4v) is 2.29. The van der Waals surface area contributed by atoms with E-state index in [1.54, 1.807) is 0 Å². The molecule has 0 unspecified atom stereocenters. The number of benzene rings is 1. The van der Waals surface area contributed by atoms with Crippen molar-refractivity contribution in [2.75, 3.05) is 0 Å². The second-order valence-corrected chi connectivity index (χ2v) is 4.55. The van der Waals surface area contributed by atoms with Crippen molar-refractivity contribution in [1.82, 2.24) is 0 Å². The quantitative estimate of drug-likeness (QED) is 0.807. The van der Waals surface area contributed by atoms with Crippen LogP contribution < -0.4 is 0 Å². The van der Waals surface area contributed by atoms with E-state index in [-0.39, 0.29) is 5.56 Å². The van der Waals surface area contributed by atoms with E-state index in [0.29, 0.717) is 12.8 Å². The molecular weight excluding hydrogens is 226 g/mol. The first-order valence-electron chi connectivity index (χ1n) is 5.75. The van der Waals surface area contributed by atoms with Gasteiger partial charge in [0.2, 0.25) is 0 Å². The van der Waals surface area contributed by atoms with E-state index in [9.17, 15) is 18.7 Å². The van der Waals surface area contributed by atoms with Gasteiger partial charge in [-0.3, -0.25) is 4.79 Å². The Hall–Kier alpha value is -1.29. The third-order valence-electron chi connectivity index (χ3n) is 3.28. The van der Waals surface area contributed by atoms with Crippen LogP contribution in [0.2, 0.25) is 0 Å². The molecule has 2 rings (SSSR count). The van der Waals surface area contributed by atoms with Crippen LogP contribution in [0.4, 0.5) is 8.78 Å². The third kappa shape index (κ3) is 2.36. The predicted octanol–water partition coefficient (Wildman–Crippen LogP) is 2.84. The highest BCUT2D eigenvalue weighted by atomic mass is 19.1. The van der Waals surface area contributed by atoms with Gasteiger partial charge in [0.05, 0.1) is 5.56 Å². The lowest BCUT2D eigenvalue weighted by atomic mass is 9.79. The number of carbonyl (C=O) groups is 1. The predicted molar refractivity (Wildman–Crippen MR) is 58.7 cm³/mol. The summed E-state index contributed by atoms with van der Waals surface area (Å²) < 4.78 is 26.4. The van der Waals surface area contributed by atoms with Crippen molar-refractivity contribution in [2.45, 2.75) is 37.7 Å². The Morgan fingerprint density at radius 1 is 1.18 bits per heavy atom. The number of ketones is 1. The molecule has 17 heavy (non-hydrogen) atoms. The summed E-state index contributed by atoms with van der Waals surface area (Å²) in [4.78, 5) is 12.0. The number of hydrogen-bond acceptors (Lipinski definition) is 2. The Morgan fingerprint density at radius 3 is 2.47 bits per heavy atom. The Bertz CT molecular complexity index is 437. The molecule has 1 aliphatic carbocycles. The normalized spacial score (nSPS) is 19.0. The lowest BCUT2D eigenvalue weighted by Gasteiger charge is -2.30. The first-order chi connectivity index (χ1) is 8.03. The standard InChI is InChI=1S/C13H14F2O2/c14-9-4-5-11(15)10(8-9)12(16)13(17)6-2-1-3-7-13/h4-5,8,17H,1-3,6-7H2. The molecule has 1 saturated carbocycles. The topological polar surface area (TPSA) is 37.3 Å². The molecule has 0 radical (unpaired) electrons. The Morgan fingerprint density at radius 2 is 1.82 bits per heavy atom. The fourth-order valence-electron chi connectivity index (χ4n) is 2.29. The maximum absolute atomic E-state index is 13.4. The van der Waals surface area contributed by atoms with Crippen LogP contribution in [0.1, 0.15) is 42.5 Å². The smallest absolute Gasteiger partial charge is 0.197 e. The number of rotatable bonds is 2. The molecule has 0 amide bonds. The van der Waals surface area contributed by atoms with E-state index < -0.39 is 23.0 Å². The summed E-state index contributed by atoms with van der Waals surface area (Å²) in [5.41, 5.74) is -1.87. The van der Waals surface area contributed by atoms with Gasteiger partial charge in [0.15, 0.2) is 5.78 Å². The van der Waals surface area contributed by atoms with Crippen molar-refractivity contribution in [1.29, 1.82) is 0 Å². The molecule has 0 bridgehead atoms. The second-order valence-electron chi connectivity index (χ2n) is 4.55. The molecule has 0 spiro atoms. The molecule has 1 aromatic carbocycles. The van der Waals surface area contributed by atoms with Gasteiger partial charge in [-0.05, 0) is 31.0 Å². The van der Waals surface area contributed by atoms with Crippen LogP contribution in [0.25, 0.3) is 0 Å². The van der Waals surface area contributed by atoms with E-state index in [4.69, 9.17) is 0 Å². The van der Waals surface area contributed by atoms with Crippen molar-refractivity contribution in [3.8, 4) is 0 Å². The van der Waals surface area contributed by atoms with Crippen LogP contribution in [0.15, 0.2) is 18.2 Å². The van der Waals surface area contributed by atoms with Crippen molar-refractivity contribution in [3.63, 3.8) is 0 Å². The van der Waals surface area contributed by atoms with E-state index >= 15 is 0 Å². The summed E-state index contributed by atoms with van der Waals surface area (Å²) >= 11 is 0. The van der Waals surface area contributed by atoms with Crippen LogP contribution >= 0.6 is 0 Å². The molecule has 0 atom stereocenters. The number of aliphatic hydroxyl groups is 1. The summed E-state index contributed by atoms with van der Waals surface area (Å²) in [6.45, 7) is 0. The van der Waals surface area contributed by atoms with Crippen LogP contribution in [0, 0.1) is 11.6 Å². The zero-order chi connectivity index (χ0) is 12.5. The average molecular weight is 240 g/mol. The van der Waals surface area contributed by atoms with Crippen molar-refractivity contribution in [2.24, 2.45) is 0 Å². The van der Waals surface area contributed by atoms with Gasteiger partial charge < -0.3 is 5.11 Å². The Labute approximate surface area is 98.3 Å². The number of hydrogen-bond donors (Lipinski definition) is 1. The molecule has 0 aliphatic heterocycles. The molecule has 0 heterocycles. The Balaban J connectivity index is 2.32. The molecule has 92 valence electrons. The van der Waals surface area contributed by atoms with Crippen molar-refractivity contribution in [3.05, 3.63) is 35.4 Å². The minimum Gasteiger partial charge on any atom is -0.382 e. The van der Waals surface area contributed by atoms with Crippen LogP contribution in [0.5, 0.6) is 0 Å². The minimum atomic E-state index is -1.52. The van der Waals surface area contributed by atoms with Gasteiger partial charge in [0, 0.05) is 0 Å². The van der Waals surface area contributed by atoms with Gasteiger partial charge in [-0.2, -0.15) is 0 Å². The van der Waals surface area contributed by atoms with Gasteiger partial charge in [-0.15, -0.1) is 0 Å². The molecule has 1 fully saturated rings. The molecule has 2 nitrogen and oxygen atoms in total. The first kappa shape index (κ1) is 12.2. The molecular formula is C13H14F2O2. The zero-order valence-corrected chi connectivity index (χ0v) is 9.38. The summed E-state index contributed by atoms with van der Waals surface area (Å²) in [6, 6.07) is 2.72. The summed E-state index contributed by atoms with van der Waals surface area (Å²) in [7, 11) is 0. The first-order valence-corrected chi connectivity index (χ1v) is 5.75. The van der Waals surface area contributed by atoms with Crippen LogP contribution in [-0.2, 0) is 0 Å². The Kier molecular flexibility index (Phi) is 3.24. The summed E-state index contributed by atoms with van der Waals surface area (Å²) in [5.74, 6) is -2.15. The van der Waals surface area contributed by atoms with Gasteiger partial charge in [-0.1, -0.05) is 19.3 Å². The van der Waals surface area contributed by atoms with E-state index in [1.165, 1.54) is 0 Å². The van der Waals surface area contributed by atoms with Crippen molar-refractivity contribution >= 4 is 5.78 Å². The van der Waals surface area contributed by atoms with Gasteiger partial charge in [0.25, 0.3) is 0 Å². The molecule has 1 aliphatic rings. The monoisotopic (exact) mass is 240 g/mol. The highest BCUT2D eigenvalue weighted by Crippen LogP contribution is 2.31. The summed E-state index contributed by atoms with van der Waals surface area (Å²) in [6.07, 6.45) is 3.07. The highest BCUT2D eigenvalue weighted by molar-refractivity contribution is 6.02. The van der Waals surface area contributed by atoms with E-state index in [1.807, 2.05) is 0 Å². The largest absolute Gasteiger partial charge is 0.382 e. The second kappa shape index (κ2) is 4.53. The lowest BCUT2D eigenvalue weighted by Crippen LogP contribution is -2.40. The van der Waals surface area contributed by atoms with Gasteiger partial charge in [0.1, 0.15) is 17.2 Å². The van der Waals surface area contributed by atoms with Gasteiger partial charge in [-0.25, -0.2) is 8.78 Å². The van der Waals surface area contributed by atoms with Crippen molar-refractivity contribution < 1.29 is 18.7 Å². The summed E-state index contributed by atoms with van der Waals surface area (Å²) in [5, 5.41) is 10.2. The average Bonchev–Trinajstić information content (AvgIpc) is 2.32. The highest BCUT2D eigenvalue weighted by Gasteiger charge is 2.38. The molecule has 0 saturated heterocycles. The number of Topliss-reactive ketones (excluding diaryl/α,β-unsaturated/α-hetero) is 1. The van der Waals surface area contributed by atoms with E-state index in [2.05, 4.69) is 0 Å².